The molecule has 0 saturated heterocycles. The minimum absolute atomic E-state index is 0.0564. The van der Waals surface area contributed by atoms with Crippen molar-refractivity contribution in [2.75, 3.05) is 13.5 Å². The number of nitrogens with zero attached hydrogens (tertiary/aromatic N) is 4. The lowest BCUT2D eigenvalue weighted by Crippen LogP contribution is -2.20. The standard InChI is InChI=1S/C12H15Cl2N5/c1-8-16-18-19(17-8)12(5-6-15-2)9-3-4-10(13)11(14)7-9/h3-4,7,12,15H,5-6H2,1-2H3/i2D3,12D. The fraction of sp³-hybridized carbons (Fsp3) is 0.417. The molecule has 2 rings (SSSR count). The molecule has 0 aliphatic heterocycles. The summed E-state index contributed by atoms with van der Waals surface area (Å²) in [6.07, 6.45) is 0.0964. The number of aryl methyl sites for hydroxylation is 1. The van der Waals surface area contributed by atoms with Gasteiger partial charge in [-0.25, -0.2) is 0 Å². The van der Waals surface area contributed by atoms with Crippen LogP contribution in [0.1, 0.15) is 29.3 Å². The Kier molecular flexibility index (Phi) is 3.22. The van der Waals surface area contributed by atoms with Gasteiger partial charge >= 0.3 is 0 Å². The predicted octanol–water partition coefficient (Wildman–Crippen LogP) is 2.49. The van der Waals surface area contributed by atoms with Crippen molar-refractivity contribution >= 4 is 23.2 Å². The van der Waals surface area contributed by atoms with Gasteiger partial charge in [-0.1, -0.05) is 29.3 Å². The van der Waals surface area contributed by atoms with E-state index in [-0.39, 0.29) is 13.0 Å². The minimum Gasteiger partial charge on any atom is -0.320 e. The Morgan fingerprint density at radius 2 is 2.32 bits per heavy atom. The number of hydrogen-bond acceptors (Lipinski definition) is 4. The van der Waals surface area contributed by atoms with Crippen molar-refractivity contribution in [3.8, 4) is 0 Å². The first kappa shape index (κ1) is 9.69. The van der Waals surface area contributed by atoms with Crippen LogP contribution in [-0.2, 0) is 0 Å². The molecule has 1 N–H and O–H groups in total. The number of benzene rings is 1. The molecule has 5 nitrogen and oxygen atoms in total. The van der Waals surface area contributed by atoms with Crippen LogP contribution >= 0.6 is 23.2 Å². The van der Waals surface area contributed by atoms with Crippen molar-refractivity contribution in [2.24, 2.45) is 0 Å². The number of aromatic nitrogens is 4. The third-order valence-corrected chi connectivity index (χ3v) is 3.23. The summed E-state index contributed by atoms with van der Waals surface area (Å²) >= 11 is 11.9. The average molecular weight is 304 g/mol. The molecule has 1 atom stereocenters. The van der Waals surface area contributed by atoms with Crippen LogP contribution in [0.5, 0.6) is 0 Å². The predicted molar refractivity (Wildman–Crippen MR) is 75.7 cm³/mol. The molecular formula is C12H15Cl2N5. The molecule has 0 bridgehead atoms. The summed E-state index contributed by atoms with van der Waals surface area (Å²) in [6, 6.07) is 3.29. The van der Waals surface area contributed by atoms with E-state index in [2.05, 4.69) is 20.7 Å². The van der Waals surface area contributed by atoms with E-state index in [1.165, 1.54) is 0 Å². The van der Waals surface area contributed by atoms with Gasteiger partial charge in [0, 0.05) is 4.11 Å². The molecule has 0 fully saturated rings. The fourth-order valence-corrected chi connectivity index (χ4v) is 1.91. The number of tetrazole rings is 1. The Morgan fingerprint density at radius 1 is 1.47 bits per heavy atom. The van der Waals surface area contributed by atoms with Crippen molar-refractivity contribution < 1.29 is 5.48 Å². The highest BCUT2D eigenvalue weighted by molar-refractivity contribution is 6.42. The molecule has 1 heterocycles. The van der Waals surface area contributed by atoms with Crippen LogP contribution in [0, 0.1) is 6.92 Å². The Morgan fingerprint density at radius 3 is 2.95 bits per heavy atom. The Hall–Kier alpha value is -1.17. The summed E-state index contributed by atoms with van der Waals surface area (Å²) < 4.78 is 30.3. The van der Waals surface area contributed by atoms with Gasteiger partial charge in [-0.3, -0.25) is 0 Å². The first-order chi connectivity index (χ1) is 10.6. The van der Waals surface area contributed by atoms with Gasteiger partial charge in [-0.05, 0) is 49.8 Å². The van der Waals surface area contributed by atoms with E-state index in [1.54, 1.807) is 25.1 Å². The lowest BCUT2D eigenvalue weighted by molar-refractivity contribution is 0.421. The number of rotatable bonds is 5. The Bertz CT molecular complexity index is 690. The van der Waals surface area contributed by atoms with Crippen molar-refractivity contribution in [3.05, 3.63) is 39.6 Å². The van der Waals surface area contributed by atoms with Crippen LogP contribution in [0.2, 0.25) is 10.0 Å². The lowest BCUT2D eigenvalue weighted by atomic mass is 10.0. The summed E-state index contributed by atoms with van der Waals surface area (Å²) in [5.74, 6) is 0.408. The van der Waals surface area contributed by atoms with Crippen LogP contribution in [0.25, 0.3) is 0 Å². The fourth-order valence-electron chi connectivity index (χ4n) is 1.61. The zero-order valence-corrected chi connectivity index (χ0v) is 11.7. The molecule has 1 aromatic carbocycles. The first-order valence-corrected chi connectivity index (χ1v) is 6.35. The molecule has 0 aliphatic carbocycles. The second-order valence-electron chi connectivity index (χ2n) is 3.88. The molecule has 0 spiro atoms. The number of hydrogen-bond donors (Lipinski definition) is 1. The molecule has 7 heteroatoms. The maximum atomic E-state index is 8.76. The van der Waals surface area contributed by atoms with Gasteiger partial charge in [0.2, 0.25) is 0 Å². The summed E-state index contributed by atoms with van der Waals surface area (Å²) in [4.78, 5) is 1.14. The zero-order chi connectivity index (χ0) is 17.3. The highest BCUT2D eigenvalue weighted by atomic mass is 35.5. The molecule has 19 heavy (non-hydrogen) atoms. The molecule has 0 aliphatic rings. The maximum absolute atomic E-state index is 8.76. The lowest BCUT2D eigenvalue weighted by Gasteiger charge is -2.16. The van der Waals surface area contributed by atoms with Crippen LogP contribution in [0.3, 0.4) is 0 Å². The van der Waals surface area contributed by atoms with Gasteiger partial charge in [0.25, 0.3) is 0 Å². The number of nitrogens with one attached hydrogen (secondary N) is 1. The van der Waals surface area contributed by atoms with E-state index in [0.717, 1.165) is 4.80 Å². The van der Waals surface area contributed by atoms with Crippen molar-refractivity contribution in [1.29, 1.82) is 0 Å². The van der Waals surface area contributed by atoms with Crippen molar-refractivity contribution in [3.63, 3.8) is 0 Å². The summed E-state index contributed by atoms with van der Waals surface area (Å²) in [5, 5.41) is 14.8. The van der Waals surface area contributed by atoms with Crippen molar-refractivity contribution in [1.82, 2.24) is 25.5 Å². The van der Waals surface area contributed by atoms with Crippen molar-refractivity contribution in [2.45, 2.75) is 19.4 Å². The van der Waals surface area contributed by atoms with Gasteiger partial charge < -0.3 is 5.32 Å². The van der Waals surface area contributed by atoms with Crippen LogP contribution in [-0.4, -0.2) is 33.7 Å². The van der Waals surface area contributed by atoms with Crippen LogP contribution in [0.15, 0.2) is 18.2 Å². The van der Waals surface area contributed by atoms with Gasteiger partial charge in [0.1, 0.15) is 0 Å². The molecule has 0 radical (unpaired) electrons. The summed E-state index contributed by atoms with van der Waals surface area (Å²) in [7, 11) is 0. The minimum atomic E-state index is -2.29. The molecule has 1 unspecified atom stereocenters. The highest BCUT2D eigenvalue weighted by Crippen LogP contribution is 2.28. The molecular weight excluding hydrogens is 285 g/mol. The molecule has 0 amide bonds. The molecule has 0 saturated carbocycles. The third-order valence-electron chi connectivity index (χ3n) is 2.49. The van der Waals surface area contributed by atoms with Crippen LogP contribution < -0.4 is 5.32 Å². The van der Waals surface area contributed by atoms with E-state index in [4.69, 9.17) is 28.7 Å². The monoisotopic (exact) mass is 303 g/mol. The Labute approximate surface area is 127 Å². The number of halogens is 2. The second kappa shape index (κ2) is 6.32. The third kappa shape index (κ3) is 3.43. The topological polar surface area (TPSA) is 55.6 Å². The zero-order valence-electron chi connectivity index (χ0n) is 14.2. The van der Waals surface area contributed by atoms with E-state index >= 15 is 0 Å². The van der Waals surface area contributed by atoms with Gasteiger partial charge in [-0.2, -0.15) is 4.80 Å². The SMILES string of the molecule is [2H]C([2H])([2H])NCCC([2H])(c1ccc(Cl)c(Cl)c1)n1nnc(C)n1. The van der Waals surface area contributed by atoms with Gasteiger partial charge in [0.05, 0.1) is 17.4 Å². The average Bonchev–Trinajstić information content (AvgIpc) is 2.87. The maximum Gasteiger partial charge on any atom is 0.171 e. The smallest absolute Gasteiger partial charge is 0.171 e. The second-order valence-corrected chi connectivity index (χ2v) is 4.69. The first-order valence-electron chi connectivity index (χ1n) is 7.59. The Balaban J connectivity index is 2.36. The quantitative estimate of drug-likeness (QED) is 0.922. The normalized spacial score (nSPS) is 18.1. The molecule has 2 aromatic rings. The van der Waals surface area contributed by atoms with E-state index < -0.39 is 13.0 Å². The molecule has 102 valence electrons. The van der Waals surface area contributed by atoms with Crippen LogP contribution in [0.4, 0.5) is 0 Å². The van der Waals surface area contributed by atoms with E-state index in [1.807, 2.05) is 0 Å². The molecule has 1 aromatic heterocycles. The van der Waals surface area contributed by atoms with E-state index in [9.17, 15) is 0 Å². The largest absolute Gasteiger partial charge is 0.320 e. The van der Waals surface area contributed by atoms with E-state index in [0.29, 0.717) is 21.4 Å². The van der Waals surface area contributed by atoms with Gasteiger partial charge in [-0.15, -0.1) is 10.2 Å². The highest BCUT2D eigenvalue weighted by Gasteiger charge is 2.17. The summed E-state index contributed by atoms with van der Waals surface area (Å²) in [6.45, 7) is -0.579. The summed E-state index contributed by atoms with van der Waals surface area (Å²) in [5.41, 5.74) is 0.483. The van der Waals surface area contributed by atoms with Gasteiger partial charge in [0.15, 0.2) is 5.82 Å².